The van der Waals surface area contributed by atoms with Gasteiger partial charge in [0.1, 0.15) is 0 Å². The number of ether oxygens (including phenoxy) is 3. The molecule has 0 aliphatic heterocycles. The van der Waals surface area contributed by atoms with E-state index in [1.807, 2.05) is 30.3 Å². The Hall–Kier alpha value is -2.00. The van der Waals surface area contributed by atoms with Crippen LogP contribution in [0.2, 0.25) is 0 Å². The zero-order valence-electron chi connectivity index (χ0n) is 12.7. The molecule has 0 atom stereocenters. The molecule has 0 spiro atoms. The molecule has 0 saturated heterocycles. The van der Waals surface area contributed by atoms with Crippen molar-refractivity contribution in [1.29, 1.82) is 0 Å². The highest BCUT2D eigenvalue weighted by molar-refractivity contribution is 5.46. The van der Waals surface area contributed by atoms with Gasteiger partial charge >= 0.3 is 0 Å². The standard InChI is InChI=1S/C18H22O3/c1-19-17-12-6-10-16(18(17)20-2)11-7-13-21-14-15-8-4-3-5-9-15/h3-6,8-10,12H,7,11,13-14H2,1-2H3. The molecule has 0 aliphatic rings. The maximum absolute atomic E-state index is 5.70. The third kappa shape index (κ3) is 4.50. The summed E-state index contributed by atoms with van der Waals surface area (Å²) in [6, 6.07) is 16.2. The number of hydrogen-bond acceptors (Lipinski definition) is 3. The minimum absolute atomic E-state index is 0.663. The first-order valence-electron chi connectivity index (χ1n) is 7.16. The van der Waals surface area contributed by atoms with Crippen molar-refractivity contribution in [2.24, 2.45) is 0 Å². The van der Waals surface area contributed by atoms with Gasteiger partial charge < -0.3 is 14.2 Å². The lowest BCUT2D eigenvalue weighted by atomic mass is 10.1. The topological polar surface area (TPSA) is 27.7 Å². The van der Waals surface area contributed by atoms with Crippen LogP contribution in [0.3, 0.4) is 0 Å². The first-order chi connectivity index (χ1) is 10.3. The molecule has 2 rings (SSSR count). The zero-order valence-corrected chi connectivity index (χ0v) is 12.7. The molecule has 3 heteroatoms. The fourth-order valence-electron chi connectivity index (χ4n) is 2.28. The first-order valence-corrected chi connectivity index (χ1v) is 7.16. The Morgan fingerprint density at radius 1 is 0.857 bits per heavy atom. The van der Waals surface area contributed by atoms with Crippen molar-refractivity contribution >= 4 is 0 Å². The predicted octanol–water partition coefficient (Wildman–Crippen LogP) is 3.85. The fourth-order valence-corrected chi connectivity index (χ4v) is 2.28. The summed E-state index contributed by atoms with van der Waals surface area (Å²) in [4.78, 5) is 0. The Kier molecular flexibility index (Phi) is 6.10. The van der Waals surface area contributed by atoms with E-state index in [2.05, 4.69) is 18.2 Å². The predicted molar refractivity (Wildman–Crippen MR) is 84.0 cm³/mol. The van der Waals surface area contributed by atoms with Crippen molar-refractivity contribution in [2.45, 2.75) is 19.4 Å². The maximum Gasteiger partial charge on any atom is 0.163 e. The second-order valence-electron chi connectivity index (χ2n) is 4.79. The summed E-state index contributed by atoms with van der Waals surface area (Å²) >= 11 is 0. The van der Waals surface area contributed by atoms with Gasteiger partial charge in [-0.1, -0.05) is 42.5 Å². The molecule has 0 radical (unpaired) electrons. The van der Waals surface area contributed by atoms with Gasteiger partial charge in [-0.15, -0.1) is 0 Å². The Morgan fingerprint density at radius 3 is 2.38 bits per heavy atom. The quantitative estimate of drug-likeness (QED) is 0.690. The van der Waals surface area contributed by atoms with Crippen LogP contribution in [0.4, 0.5) is 0 Å². The molecular weight excluding hydrogens is 264 g/mol. The lowest BCUT2D eigenvalue weighted by Crippen LogP contribution is -2.00. The summed E-state index contributed by atoms with van der Waals surface area (Å²) < 4.78 is 16.4. The molecule has 2 aromatic carbocycles. The minimum Gasteiger partial charge on any atom is -0.493 e. The normalized spacial score (nSPS) is 10.4. The lowest BCUT2D eigenvalue weighted by Gasteiger charge is -2.12. The van der Waals surface area contributed by atoms with Gasteiger partial charge in [0.15, 0.2) is 11.5 Å². The highest BCUT2D eigenvalue weighted by Gasteiger charge is 2.08. The highest BCUT2D eigenvalue weighted by atomic mass is 16.5. The summed E-state index contributed by atoms with van der Waals surface area (Å²) in [6.45, 7) is 1.39. The minimum atomic E-state index is 0.663. The van der Waals surface area contributed by atoms with Crippen LogP contribution in [0.15, 0.2) is 48.5 Å². The second kappa shape index (κ2) is 8.32. The van der Waals surface area contributed by atoms with Crippen molar-refractivity contribution in [1.82, 2.24) is 0 Å². The molecule has 3 nitrogen and oxygen atoms in total. The average molecular weight is 286 g/mol. The summed E-state index contributed by atoms with van der Waals surface area (Å²) in [5, 5.41) is 0. The first kappa shape index (κ1) is 15.4. The number of benzene rings is 2. The van der Waals surface area contributed by atoms with E-state index < -0.39 is 0 Å². The molecule has 0 aromatic heterocycles. The average Bonchev–Trinajstić information content (AvgIpc) is 2.55. The fraction of sp³-hybridized carbons (Fsp3) is 0.333. The van der Waals surface area contributed by atoms with Gasteiger partial charge in [-0.3, -0.25) is 0 Å². The van der Waals surface area contributed by atoms with Gasteiger partial charge in [-0.2, -0.15) is 0 Å². The monoisotopic (exact) mass is 286 g/mol. The van der Waals surface area contributed by atoms with Gasteiger partial charge in [0.25, 0.3) is 0 Å². The molecule has 0 bridgehead atoms. The summed E-state index contributed by atoms with van der Waals surface area (Å²) in [5.74, 6) is 1.60. The molecular formula is C18H22O3. The van der Waals surface area contributed by atoms with Crippen LogP contribution in [-0.2, 0) is 17.8 Å². The molecule has 2 aromatic rings. The number of methoxy groups -OCH3 is 2. The van der Waals surface area contributed by atoms with E-state index >= 15 is 0 Å². The van der Waals surface area contributed by atoms with E-state index in [0.717, 1.165) is 36.5 Å². The lowest BCUT2D eigenvalue weighted by molar-refractivity contribution is 0.118. The van der Waals surface area contributed by atoms with Crippen LogP contribution in [0.1, 0.15) is 17.5 Å². The molecule has 0 heterocycles. The summed E-state index contributed by atoms with van der Waals surface area (Å²) in [7, 11) is 3.33. The van der Waals surface area contributed by atoms with E-state index in [9.17, 15) is 0 Å². The van der Waals surface area contributed by atoms with Crippen LogP contribution in [-0.4, -0.2) is 20.8 Å². The van der Waals surface area contributed by atoms with Gasteiger partial charge in [0, 0.05) is 6.61 Å². The molecule has 0 saturated carbocycles. The molecule has 21 heavy (non-hydrogen) atoms. The number of rotatable bonds is 8. The van der Waals surface area contributed by atoms with Crippen molar-refractivity contribution in [3.8, 4) is 11.5 Å². The van der Waals surface area contributed by atoms with Crippen molar-refractivity contribution < 1.29 is 14.2 Å². The van der Waals surface area contributed by atoms with Gasteiger partial charge in [-0.25, -0.2) is 0 Å². The van der Waals surface area contributed by atoms with Crippen molar-refractivity contribution in [3.63, 3.8) is 0 Å². The van der Waals surface area contributed by atoms with Crippen molar-refractivity contribution in [3.05, 3.63) is 59.7 Å². The van der Waals surface area contributed by atoms with E-state index in [1.165, 1.54) is 5.56 Å². The third-order valence-electron chi connectivity index (χ3n) is 3.33. The second-order valence-corrected chi connectivity index (χ2v) is 4.79. The van der Waals surface area contributed by atoms with Gasteiger partial charge in [0.05, 0.1) is 20.8 Å². The molecule has 0 fully saturated rings. The number of para-hydroxylation sites is 1. The smallest absolute Gasteiger partial charge is 0.163 e. The third-order valence-corrected chi connectivity index (χ3v) is 3.33. The van der Waals surface area contributed by atoms with Crippen LogP contribution in [0.5, 0.6) is 11.5 Å². The summed E-state index contributed by atoms with van der Waals surface area (Å²) in [5.41, 5.74) is 2.36. The summed E-state index contributed by atoms with van der Waals surface area (Å²) in [6.07, 6.45) is 1.87. The number of aryl methyl sites for hydroxylation is 1. The van der Waals surface area contributed by atoms with E-state index in [1.54, 1.807) is 14.2 Å². The molecule has 0 N–H and O–H groups in total. The van der Waals surface area contributed by atoms with E-state index in [0.29, 0.717) is 6.61 Å². The number of hydrogen-bond donors (Lipinski definition) is 0. The molecule has 0 amide bonds. The van der Waals surface area contributed by atoms with Gasteiger partial charge in [0.2, 0.25) is 0 Å². The molecule has 112 valence electrons. The maximum atomic E-state index is 5.70. The molecule has 0 aliphatic carbocycles. The van der Waals surface area contributed by atoms with E-state index in [-0.39, 0.29) is 0 Å². The van der Waals surface area contributed by atoms with Crippen LogP contribution in [0.25, 0.3) is 0 Å². The van der Waals surface area contributed by atoms with E-state index in [4.69, 9.17) is 14.2 Å². The Morgan fingerprint density at radius 2 is 1.67 bits per heavy atom. The highest BCUT2D eigenvalue weighted by Crippen LogP contribution is 2.31. The Bertz CT molecular complexity index is 537. The zero-order chi connectivity index (χ0) is 14.9. The van der Waals surface area contributed by atoms with Crippen LogP contribution in [0, 0.1) is 0 Å². The molecule has 0 unspecified atom stereocenters. The Labute approximate surface area is 126 Å². The SMILES string of the molecule is COc1cccc(CCCOCc2ccccc2)c1OC. The van der Waals surface area contributed by atoms with Crippen molar-refractivity contribution in [2.75, 3.05) is 20.8 Å². The van der Waals surface area contributed by atoms with Crippen LogP contribution >= 0.6 is 0 Å². The Balaban J connectivity index is 1.78. The largest absolute Gasteiger partial charge is 0.493 e. The van der Waals surface area contributed by atoms with Gasteiger partial charge in [-0.05, 0) is 30.0 Å². The van der Waals surface area contributed by atoms with Crippen LogP contribution < -0.4 is 9.47 Å².